The van der Waals surface area contributed by atoms with Crippen LogP contribution >= 0.6 is 0 Å². The van der Waals surface area contributed by atoms with Crippen molar-refractivity contribution >= 4 is 23.4 Å². The monoisotopic (exact) mass is 574 g/mol. The van der Waals surface area contributed by atoms with Gasteiger partial charge in [-0.25, -0.2) is 14.2 Å². The number of urea groups is 1. The number of likely N-dealkylation sites (N-methyl/N-ethyl adjacent to an activating group) is 1. The first-order chi connectivity index (χ1) is 20.4. The number of aromatic nitrogens is 1. The number of halogens is 1. The van der Waals surface area contributed by atoms with Crippen LogP contribution in [0.4, 0.5) is 20.7 Å². The number of anilines is 2. The Hall–Kier alpha value is -4.22. The molecule has 1 unspecified atom stereocenters. The van der Waals surface area contributed by atoms with Crippen molar-refractivity contribution in [3.8, 4) is 17.2 Å². The number of pyridine rings is 1. The summed E-state index contributed by atoms with van der Waals surface area (Å²) in [6.45, 7) is 9.50. The van der Waals surface area contributed by atoms with Gasteiger partial charge in [0.2, 0.25) is 5.91 Å². The SMILES string of the molecule is CCN1CCN(Cc2ccc(NC(=O)N[C@@H]3Oc4ccc(Oc5ccnc6c5CCC(=O)N6)cc4C3C)cc2F)CC1. The van der Waals surface area contributed by atoms with Gasteiger partial charge in [-0.1, -0.05) is 19.9 Å². The Kier molecular flexibility index (Phi) is 7.94. The summed E-state index contributed by atoms with van der Waals surface area (Å²) < 4.78 is 27.1. The molecule has 3 aliphatic rings. The van der Waals surface area contributed by atoms with Crippen LogP contribution in [0.2, 0.25) is 0 Å². The van der Waals surface area contributed by atoms with E-state index in [0.717, 1.165) is 43.9 Å². The topological polar surface area (TPSA) is 108 Å². The van der Waals surface area contributed by atoms with Crippen LogP contribution in [0.1, 0.15) is 42.9 Å². The Morgan fingerprint density at radius 3 is 2.71 bits per heavy atom. The summed E-state index contributed by atoms with van der Waals surface area (Å²) in [5.41, 5.74) is 2.74. The molecule has 4 heterocycles. The van der Waals surface area contributed by atoms with E-state index < -0.39 is 12.3 Å². The van der Waals surface area contributed by atoms with Gasteiger partial charge in [-0.05, 0) is 49.4 Å². The summed E-state index contributed by atoms with van der Waals surface area (Å²) in [5.74, 6) is 1.87. The summed E-state index contributed by atoms with van der Waals surface area (Å²) in [4.78, 5) is 33.4. The number of hydrogen-bond donors (Lipinski definition) is 3. The van der Waals surface area contributed by atoms with Crippen molar-refractivity contribution in [1.29, 1.82) is 0 Å². The average molecular weight is 575 g/mol. The first-order valence-electron chi connectivity index (χ1n) is 14.4. The van der Waals surface area contributed by atoms with Crippen LogP contribution < -0.4 is 25.4 Å². The second kappa shape index (κ2) is 11.9. The maximum absolute atomic E-state index is 14.9. The minimum atomic E-state index is -0.606. The molecule has 3 N–H and O–H groups in total. The molecule has 1 saturated heterocycles. The summed E-state index contributed by atoms with van der Waals surface area (Å²) in [6.07, 6.45) is 1.93. The molecule has 3 aromatic rings. The fraction of sp³-hybridized carbons (Fsp3) is 0.387. The molecule has 0 saturated carbocycles. The fourth-order valence-corrected chi connectivity index (χ4v) is 5.64. The van der Waals surface area contributed by atoms with Crippen molar-refractivity contribution in [2.24, 2.45) is 0 Å². The van der Waals surface area contributed by atoms with Crippen molar-refractivity contribution < 1.29 is 23.5 Å². The van der Waals surface area contributed by atoms with E-state index in [2.05, 4.69) is 37.7 Å². The summed E-state index contributed by atoms with van der Waals surface area (Å²) in [5, 5.41) is 8.36. The van der Waals surface area contributed by atoms with E-state index in [9.17, 15) is 14.0 Å². The van der Waals surface area contributed by atoms with Crippen LogP contribution in [0, 0.1) is 5.82 Å². The Balaban J connectivity index is 1.05. The molecule has 11 heteroatoms. The molecule has 3 amide bonds. The second-order valence-corrected chi connectivity index (χ2v) is 10.9. The molecule has 0 aliphatic carbocycles. The van der Waals surface area contributed by atoms with Gasteiger partial charge < -0.3 is 30.3 Å². The number of piperazine rings is 1. The van der Waals surface area contributed by atoms with E-state index >= 15 is 0 Å². The van der Waals surface area contributed by atoms with Crippen LogP contribution in [-0.2, 0) is 17.8 Å². The first-order valence-corrected chi connectivity index (χ1v) is 14.4. The van der Waals surface area contributed by atoms with Crippen molar-refractivity contribution in [3.63, 3.8) is 0 Å². The Labute approximate surface area is 244 Å². The molecule has 220 valence electrons. The van der Waals surface area contributed by atoms with Gasteiger partial charge in [-0.3, -0.25) is 9.69 Å². The number of fused-ring (bicyclic) bond motifs is 2. The van der Waals surface area contributed by atoms with Crippen molar-refractivity contribution in [2.75, 3.05) is 43.4 Å². The Bertz CT molecular complexity index is 1490. The molecule has 0 spiro atoms. The van der Waals surface area contributed by atoms with E-state index in [0.29, 0.717) is 53.7 Å². The van der Waals surface area contributed by atoms with Crippen LogP contribution in [0.5, 0.6) is 17.2 Å². The highest BCUT2D eigenvalue weighted by molar-refractivity contribution is 5.93. The van der Waals surface area contributed by atoms with Gasteiger partial charge in [0.1, 0.15) is 28.9 Å². The predicted octanol–water partition coefficient (Wildman–Crippen LogP) is 4.68. The van der Waals surface area contributed by atoms with Crippen molar-refractivity contribution in [2.45, 2.75) is 45.4 Å². The third-order valence-corrected chi connectivity index (χ3v) is 8.17. The van der Waals surface area contributed by atoms with Gasteiger partial charge in [0.25, 0.3) is 0 Å². The molecule has 1 aromatic heterocycles. The quantitative estimate of drug-likeness (QED) is 0.376. The zero-order valence-corrected chi connectivity index (χ0v) is 23.8. The third kappa shape index (κ3) is 6.02. The highest BCUT2D eigenvalue weighted by atomic mass is 19.1. The Morgan fingerprint density at radius 2 is 1.93 bits per heavy atom. The molecular weight excluding hydrogens is 539 g/mol. The minimum absolute atomic E-state index is 0.0584. The summed E-state index contributed by atoms with van der Waals surface area (Å²) in [7, 11) is 0. The number of rotatable bonds is 7. The summed E-state index contributed by atoms with van der Waals surface area (Å²) >= 11 is 0. The molecule has 42 heavy (non-hydrogen) atoms. The van der Waals surface area contributed by atoms with Gasteiger partial charge in [0.15, 0.2) is 6.23 Å². The fourth-order valence-electron chi connectivity index (χ4n) is 5.64. The van der Waals surface area contributed by atoms with Gasteiger partial charge in [0.05, 0.1) is 0 Å². The molecule has 6 rings (SSSR count). The first kappa shape index (κ1) is 27.9. The smallest absolute Gasteiger partial charge is 0.322 e. The van der Waals surface area contributed by atoms with E-state index in [-0.39, 0.29) is 17.6 Å². The number of benzene rings is 2. The Morgan fingerprint density at radius 1 is 1.12 bits per heavy atom. The number of ether oxygens (including phenoxy) is 2. The number of amides is 3. The molecule has 0 bridgehead atoms. The normalized spacial score (nSPS) is 20.2. The van der Waals surface area contributed by atoms with Gasteiger partial charge in [0, 0.05) is 73.6 Å². The van der Waals surface area contributed by atoms with Crippen molar-refractivity contribution in [1.82, 2.24) is 20.1 Å². The number of nitrogens with one attached hydrogen (secondary N) is 3. The predicted molar refractivity (Wildman–Crippen MR) is 156 cm³/mol. The van der Waals surface area contributed by atoms with E-state index in [1.54, 1.807) is 30.5 Å². The van der Waals surface area contributed by atoms with Gasteiger partial charge in [-0.15, -0.1) is 0 Å². The van der Waals surface area contributed by atoms with Crippen LogP contribution in [0.3, 0.4) is 0 Å². The number of carbonyl (C=O) groups excluding carboxylic acids is 2. The molecule has 3 aliphatic heterocycles. The summed E-state index contributed by atoms with van der Waals surface area (Å²) in [6, 6.07) is 11.6. The maximum atomic E-state index is 14.9. The lowest BCUT2D eigenvalue weighted by Crippen LogP contribution is -2.45. The molecular formula is C31H35FN6O4. The standard InChI is InChI=1S/C31H35FN6O4/c1-3-37-12-14-38(15-13-37)18-20-4-5-21(16-25(20)32)34-31(40)36-30-19(2)24-17-22(6-8-26(24)42-30)41-27-10-11-33-29-23(27)7-9-28(39)35-29/h4-6,8,10-11,16-17,19,30H,3,7,9,12-15,18H2,1-2H3,(H,33,35,39)(H2,34,36,40)/t19?,30-/m1/s1. The maximum Gasteiger partial charge on any atom is 0.322 e. The average Bonchev–Trinajstić information content (AvgIpc) is 3.28. The lowest BCUT2D eigenvalue weighted by molar-refractivity contribution is -0.116. The van der Waals surface area contributed by atoms with E-state index in [1.165, 1.54) is 6.07 Å². The van der Waals surface area contributed by atoms with E-state index in [4.69, 9.17) is 9.47 Å². The zero-order valence-electron chi connectivity index (χ0n) is 23.8. The zero-order chi connectivity index (χ0) is 29.2. The molecule has 10 nitrogen and oxygen atoms in total. The molecule has 2 atom stereocenters. The van der Waals surface area contributed by atoms with Gasteiger partial charge in [-0.2, -0.15) is 0 Å². The minimum Gasteiger partial charge on any atom is -0.470 e. The number of nitrogens with zero attached hydrogens (tertiary/aromatic N) is 3. The highest BCUT2D eigenvalue weighted by Gasteiger charge is 2.33. The largest absolute Gasteiger partial charge is 0.470 e. The van der Waals surface area contributed by atoms with Crippen LogP contribution in [0.15, 0.2) is 48.7 Å². The van der Waals surface area contributed by atoms with Crippen LogP contribution in [-0.4, -0.2) is 65.7 Å². The second-order valence-electron chi connectivity index (χ2n) is 10.9. The molecule has 1 fully saturated rings. The molecule has 2 aromatic carbocycles. The van der Waals surface area contributed by atoms with Crippen LogP contribution in [0.25, 0.3) is 0 Å². The number of hydrogen-bond acceptors (Lipinski definition) is 7. The number of carbonyl (C=O) groups is 2. The third-order valence-electron chi connectivity index (χ3n) is 8.17. The lowest BCUT2D eigenvalue weighted by atomic mass is 10.0. The molecule has 0 radical (unpaired) electrons. The highest BCUT2D eigenvalue weighted by Crippen LogP contribution is 2.41. The van der Waals surface area contributed by atoms with E-state index in [1.807, 2.05) is 19.1 Å². The van der Waals surface area contributed by atoms with Crippen molar-refractivity contribution in [3.05, 3.63) is 71.2 Å². The van der Waals surface area contributed by atoms with Gasteiger partial charge >= 0.3 is 6.03 Å². The lowest BCUT2D eigenvalue weighted by Gasteiger charge is -2.34.